The molecular weight excluding hydrogens is 448 g/mol. The Kier molecular flexibility index (Phi) is 6.89. The number of hydrogen-bond donors (Lipinski definition) is 1. The van der Waals surface area contributed by atoms with E-state index in [1.165, 1.54) is 0 Å². The van der Waals surface area contributed by atoms with Gasteiger partial charge in [0, 0.05) is 62.2 Å². The second kappa shape index (κ2) is 10.2. The van der Waals surface area contributed by atoms with Crippen LogP contribution in [0.15, 0.2) is 59.6 Å². The van der Waals surface area contributed by atoms with Gasteiger partial charge in [0.1, 0.15) is 0 Å². The van der Waals surface area contributed by atoms with Crippen LogP contribution in [0, 0.1) is 6.92 Å². The fraction of sp³-hybridized carbons (Fsp3) is 0.385. The van der Waals surface area contributed by atoms with Crippen LogP contribution in [0.1, 0.15) is 28.8 Å². The van der Waals surface area contributed by atoms with Crippen LogP contribution in [-0.2, 0) is 15.7 Å². The van der Waals surface area contributed by atoms with Gasteiger partial charge >= 0.3 is 0 Å². The number of anilines is 1. The van der Waals surface area contributed by atoms with E-state index < -0.39 is 11.0 Å². The zero-order valence-corrected chi connectivity index (χ0v) is 20.2. The van der Waals surface area contributed by atoms with Crippen LogP contribution < -0.4 is 4.72 Å². The summed E-state index contributed by atoms with van der Waals surface area (Å²) in [5, 5.41) is 0.947. The van der Waals surface area contributed by atoms with Gasteiger partial charge in [-0.3, -0.25) is 14.7 Å². The molecule has 0 saturated carbocycles. The summed E-state index contributed by atoms with van der Waals surface area (Å²) in [7, 11) is -1.47. The predicted octanol–water partition coefficient (Wildman–Crippen LogP) is 3.61. The van der Waals surface area contributed by atoms with Crippen LogP contribution in [0.2, 0.25) is 0 Å². The first-order valence-corrected chi connectivity index (χ1v) is 13.0. The predicted molar refractivity (Wildman–Crippen MR) is 134 cm³/mol. The lowest BCUT2D eigenvalue weighted by atomic mass is 10.1. The Morgan fingerprint density at radius 3 is 2.74 bits per heavy atom. The molecule has 2 saturated heterocycles. The van der Waals surface area contributed by atoms with Crippen LogP contribution in [0.5, 0.6) is 0 Å². The van der Waals surface area contributed by atoms with E-state index in [4.69, 9.17) is 4.74 Å². The maximum absolute atomic E-state index is 13.2. The Hall–Kier alpha value is -2.81. The third kappa shape index (κ3) is 4.99. The number of para-hydroxylation sites is 1. The Balaban J connectivity index is 1.22. The normalized spacial score (nSPS) is 19.9. The van der Waals surface area contributed by atoms with E-state index in [0.29, 0.717) is 22.3 Å². The van der Waals surface area contributed by atoms with E-state index in [2.05, 4.69) is 14.6 Å². The minimum Gasteiger partial charge on any atom is -0.377 e. The molecule has 7 nitrogen and oxygen atoms in total. The summed E-state index contributed by atoms with van der Waals surface area (Å²) in [4.78, 5) is 22.5. The zero-order valence-electron chi connectivity index (χ0n) is 19.4. The summed E-state index contributed by atoms with van der Waals surface area (Å²) in [6.45, 7) is 6.97. The van der Waals surface area contributed by atoms with Gasteiger partial charge in [0.2, 0.25) is 0 Å². The highest BCUT2D eigenvalue weighted by Crippen LogP contribution is 2.23. The molecule has 34 heavy (non-hydrogen) atoms. The molecule has 1 amide bonds. The summed E-state index contributed by atoms with van der Waals surface area (Å²) >= 11 is 0. The lowest BCUT2D eigenvalue weighted by Gasteiger charge is -2.36. The number of hydrogen-bond acceptors (Lipinski definition) is 5. The fourth-order valence-electron chi connectivity index (χ4n) is 4.74. The number of aromatic nitrogens is 1. The summed E-state index contributed by atoms with van der Waals surface area (Å²) in [6, 6.07) is 15.0. The molecule has 3 aromatic rings. The SMILES string of the molecule is Cc1cc(NS(=O)c2cccc3cccnc23)ccc1C(=O)N1CCN(CC2CCCO2)CC1. The highest BCUT2D eigenvalue weighted by molar-refractivity contribution is 7.86. The van der Waals surface area contributed by atoms with E-state index >= 15 is 0 Å². The number of fused-ring (bicyclic) bond motifs is 1. The number of aryl methyl sites for hydroxylation is 1. The van der Waals surface area contributed by atoms with Crippen LogP contribution in [0.3, 0.4) is 0 Å². The number of pyridine rings is 1. The summed E-state index contributed by atoms with van der Waals surface area (Å²) in [5.74, 6) is 0.0557. The second-order valence-corrected chi connectivity index (χ2v) is 10.1. The molecule has 1 N–H and O–H groups in total. The van der Waals surface area contributed by atoms with Crippen LogP contribution in [0.25, 0.3) is 10.9 Å². The van der Waals surface area contributed by atoms with E-state index in [-0.39, 0.29) is 5.91 Å². The maximum Gasteiger partial charge on any atom is 0.254 e. The number of benzene rings is 2. The average molecular weight is 479 g/mol. The molecule has 2 aromatic carbocycles. The van der Waals surface area contributed by atoms with Gasteiger partial charge < -0.3 is 14.4 Å². The molecule has 2 atom stereocenters. The Morgan fingerprint density at radius 2 is 1.97 bits per heavy atom. The zero-order chi connectivity index (χ0) is 23.5. The first kappa shape index (κ1) is 23.0. The Morgan fingerprint density at radius 1 is 1.15 bits per heavy atom. The van der Waals surface area contributed by atoms with Crippen molar-refractivity contribution in [1.29, 1.82) is 0 Å². The van der Waals surface area contributed by atoms with E-state index in [1.807, 2.05) is 60.4 Å². The largest absolute Gasteiger partial charge is 0.377 e. The molecule has 2 unspecified atom stereocenters. The van der Waals surface area contributed by atoms with Gasteiger partial charge in [0.05, 0.1) is 16.5 Å². The van der Waals surface area contributed by atoms with Crippen molar-refractivity contribution in [2.24, 2.45) is 0 Å². The number of carbonyl (C=O) groups excluding carboxylic acids is 1. The van der Waals surface area contributed by atoms with Crippen molar-refractivity contribution in [3.05, 3.63) is 65.9 Å². The first-order chi connectivity index (χ1) is 16.6. The average Bonchev–Trinajstić information content (AvgIpc) is 3.37. The van der Waals surface area contributed by atoms with E-state index in [0.717, 1.165) is 68.6 Å². The highest BCUT2D eigenvalue weighted by atomic mass is 32.2. The Labute approximate surface area is 202 Å². The summed E-state index contributed by atoms with van der Waals surface area (Å²) in [6.07, 6.45) is 4.34. The van der Waals surface area contributed by atoms with Crippen molar-refractivity contribution >= 4 is 33.5 Å². The lowest BCUT2D eigenvalue weighted by molar-refractivity contribution is 0.0432. The minimum absolute atomic E-state index is 0.0557. The molecule has 178 valence electrons. The van der Waals surface area contributed by atoms with Crippen LogP contribution in [0.4, 0.5) is 5.69 Å². The van der Waals surface area contributed by atoms with Crippen molar-refractivity contribution in [1.82, 2.24) is 14.8 Å². The number of nitrogens with one attached hydrogen (secondary N) is 1. The smallest absolute Gasteiger partial charge is 0.254 e. The summed E-state index contributed by atoms with van der Waals surface area (Å²) < 4.78 is 21.8. The topological polar surface area (TPSA) is 74.8 Å². The van der Waals surface area contributed by atoms with Crippen molar-refractivity contribution < 1.29 is 13.7 Å². The number of ether oxygens (including phenoxy) is 1. The van der Waals surface area contributed by atoms with Gasteiger partial charge in [-0.2, -0.15) is 0 Å². The number of rotatable bonds is 6. The lowest BCUT2D eigenvalue weighted by Crippen LogP contribution is -2.50. The molecule has 0 bridgehead atoms. The first-order valence-electron chi connectivity index (χ1n) is 11.8. The molecule has 0 aliphatic carbocycles. The molecule has 0 radical (unpaired) electrons. The molecule has 2 aliphatic heterocycles. The van der Waals surface area contributed by atoms with Gasteiger partial charge in [-0.15, -0.1) is 0 Å². The number of amides is 1. The minimum atomic E-state index is -1.47. The standard InChI is InChI=1S/C26H30N4O3S/c1-19-17-21(28-34(32)24-8-2-5-20-6-3-11-27-25(20)24)9-10-23(19)26(31)30-14-12-29(13-15-30)18-22-7-4-16-33-22/h2-3,5-6,8-11,17,22,28H,4,7,12-16,18H2,1H3. The quantitative estimate of drug-likeness (QED) is 0.586. The molecule has 0 spiro atoms. The molecule has 1 aromatic heterocycles. The second-order valence-electron chi connectivity index (χ2n) is 8.96. The van der Waals surface area contributed by atoms with Gasteiger partial charge in [0.25, 0.3) is 5.91 Å². The number of piperazine rings is 1. The van der Waals surface area contributed by atoms with Crippen LogP contribution >= 0.6 is 0 Å². The number of carbonyl (C=O) groups is 1. The van der Waals surface area contributed by atoms with Gasteiger partial charge in [-0.1, -0.05) is 18.2 Å². The molecule has 2 fully saturated rings. The van der Waals surface area contributed by atoms with E-state index in [1.54, 1.807) is 6.20 Å². The maximum atomic E-state index is 13.2. The van der Waals surface area contributed by atoms with Crippen molar-refractivity contribution in [2.45, 2.75) is 30.8 Å². The van der Waals surface area contributed by atoms with Crippen molar-refractivity contribution in [3.63, 3.8) is 0 Å². The molecular formula is C26H30N4O3S. The summed E-state index contributed by atoms with van der Waals surface area (Å²) in [5.41, 5.74) is 2.99. The molecule has 3 heterocycles. The van der Waals surface area contributed by atoms with Crippen LogP contribution in [-0.4, -0.2) is 70.3 Å². The highest BCUT2D eigenvalue weighted by Gasteiger charge is 2.26. The van der Waals surface area contributed by atoms with Gasteiger partial charge in [0.15, 0.2) is 11.0 Å². The van der Waals surface area contributed by atoms with E-state index in [9.17, 15) is 9.00 Å². The third-order valence-electron chi connectivity index (χ3n) is 6.61. The molecule has 5 rings (SSSR count). The fourth-order valence-corrected chi connectivity index (χ4v) is 5.73. The third-order valence-corrected chi connectivity index (χ3v) is 7.76. The number of nitrogens with zero attached hydrogens (tertiary/aromatic N) is 3. The molecule has 8 heteroatoms. The van der Waals surface area contributed by atoms with Gasteiger partial charge in [-0.25, -0.2) is 4.21 Å². The monoisotopic (exact) mass is 478 g/mol. The molecule has 2 aliphatic rings. The van der Waals surface area contributed by atoms with Gasteiger partial charge in [-0.05, 0) is 55.7 Å². The van der Waals surface area contributed by atoms with Crippen molar-refractivity contribution in [2.75, 3.05) is 44.1 Å². The van der Waals surface area contributed by atoms with Crippen molar-refractivity contribution in [3.8, 4) is 0 Å². The Bertz CT molecular complexity index is 1200.